The molecule has 0 heterocycles. The average molecular weight is 739 g/mol. The fourth-order valence-corrected chi connectivity index (χ4v) is 8.60. The van der Waals surface area contributed by atoms with Gasteiger partial charge >= 0.3 is 0 Å². The monoisotopic (exact) mass is 739 g/mol. The summed E-state index contributed by atoms with van der Waals surface area (Å²) in [6.45, 7) is 37.4. The van der Waals surface area contributed by atoms with Gasteiger partial charge in [-0.05, 0) is 120 Å². The minimum atomic E-state index is -1.80. The zero-order valence-corrected chi connectivity index (χ0v) is 37.0. The average Bonchev–Trinajstić information content (AvgIpc) is 2.94. The van der Waals surface area contributed by atoms with E-state index in [0.717, 1.165) is 49.7 Å². The first-order valence-corrected chi connectivity index (χ1v) is 25.2. The van der Waals surface area contributed by atoms with E-state index in [0.29, 0.717) is 13.2 Å². The van der Waals surface area contributed by atoms with Gasteiger partial charge in [-0.15, -0.1) is 0 Å². The van der Waals surface area contributed by atoms with Crippen LogP contribution in [0.4, 0.5) is 0 Å². The summed E-state index contributed by atoms with van der Waals surface area (Å²) in [7, 11) is -3.57. The van der Waals surface area contributed by atoms with E-state index in [4.69, 9.17) is 8.85 Å². The maximum absolute atomic E-state index is 13.0. The molecule has 290 valence electrons. The van der Waals surface area contributed by atoms with Crippen molar-refractivity contribution in [3.63, 3.8) is 0 Å². The molecule has 0 radical (unpaired) electrons. The second-order valence-corrected chi connectivity index (χ2v) is 30.6. The van der Waals surface area contributed by atoms with Crippen LogP contribution in [0.1, 0.15) is 148 Å². The zero-order chi connectivity index (χ0) is 38.1. The van der Waals surface area contributed by atoms with E-state index >= 15 is 0 Å². The second-order valence-electron chi connectivity index (χ2n) is 21.0. The standard InChI is InChI=1S/C22H38O2Si.C22H36O2Si.CH4/c2*1-21(2,3)14-16-9-10-17-11-12-18(20(23)19(17)13-16)15-24-25(7,8)22(4,5)6;/h9-10,13,18,20,23H,11-12,14-15H2,1-8H3;9-10,13,18H,11-12,14-15H2,1-8H3;1H4/t18?,20-;;/m1../s1. The molecule has 0 spiro atoms. The third-order valence-electron chi connectivity index (χ3n) is 11.7. The predicted molar refractivity (Wildman–Crippen MR) is 225 cm³/mol. The zero-order valence-electron chi connectivity index (χ0n) is 35.0. The molecule has 51 heavy (non-hydrogen) atoms. The highest BCUT2D eigenvalue weighted by atomic mass is 28.4. The van der Waals surface area contributed by atoms with Gasteiger partial charge in [0.25, 0.3) is 0 Å². The SMILES string of the molecule is C.CC(C)(C)Cc1ccc2c(c1)C(=O)C(CO[Si](C)(C)C(C)(C)C)CC2.CC(C)(C)Cc1ccc2c(c1)[C@H](O)C(CO[Si](C)(C)C(C)(C)C)CC2. The van der Waals surface area contributed by atoms with E-state index in [1.165, 1.54) is 22.3 Å². The van der Waals surface area contributed by atoms with Crippen LogP contribution in [0.15, 0.2) is 36.4 Å². The molecule has 1 N–H and O–H groups in total. The third-order valence-corrected chi connectivity index (χ3v) is 20.7. The molecule has 2 aromatic rings. The molecule has 0 amide bonds. The van der Waals surface area contributed by atoms with Gasteiger partial charge in [-0.2, -0.15) is 0 Å². The van der Waals surface area contributed by atoms with Gasteiger partial charge in [-0.3, -0.25) is 4.79 Å². The first kappa shape index (κ1) is 45.6. The van der Waals surface area contributed by atoms with E-state index in [-0.39, 0.29) is 46.0 Å². The normalized spacial score (nSPS) is 20.1. The lowest BCUT2D eigenvalue weighted by Gasteiger charge is -2.39. The van der Waals surface area contributed by atoms with Crippen LogP contribution in [-0.2, 0) is 34.5 Å². The summed E-state index contributed by atoms with van der Waals surface area (Å²) in [6, 6.07) is 13.2. The van der Waals surface area contributed by atoms with Crippen molar-refractivity contribution in [1.82, 2.24) is 0 Å². The lowest BCUT2D eigenvalue weighted by atomic mass is 9.79. The fourth-order valence-electron chi connectivity index (χ4n) is 6.49. The number of Topliss-reactive ketones (excluding diaryl/α,β-unsaturated/α-hetero) is 1. The van der Waals surface area contributed by atoms with Gasteiger partial charge in [-0.1, -0.05) is 121 Å². The summed E-state index contributed by atoms with van der Waals surface area (Å²) >= 11 is 0. The highest BCUT2D eigenvalue weighted by molar-refractivity contribution is 6.74. The van der Waals surface area contributed by atoms with Crippen molar-refractivity contribution in [2.45, 2.75) is 171 Å². The number of hydrogen-bond acceptors (Lipinski definition) is 4. The molecule has 2 aromatic carbocycles. The van der Waals surface area contributed by atoms with Crippen molar-refractivity contribution < 1.29 is 18.8 Å². The number of carbonyl (C=O) groups is 1. The molecule has 0 saturated carbocycles. The van der Waals surface area contributed by atoms with Crippen LogP contribution >= 0.6 is 0 Å². The Balaban J connectivity index is 0.000000347. The predicted octanol–water partition coefficient (Wildman–Crippen LogP) is 12.6. The summed E-state index contributed by atoms with van der Waals surface area (Å²) in [5.41, 5.74) is 7.70. The lowest BCUT2D eigenvalue weighted by Crippen LogP contribution is -2.43. The molecule has 0 aromatic heterocycles. The summed E-state index contributed by atoms with van der Waals surface area (Å²) in [6.07, 6.45) is 5.61. The number of hydrogen-bond donors (Lipinski definition) is 1. The Morgan fingerprint density at radius 2 is 1.12 bits per heavy atom. The Kier molecular flexibility index (Phi) is 15.0. The minimum absolute atomic E-state index is 0. The van der Waals surface area contributed by atoms with Gasteiger partial charge in [0.15, 0.2) is 22.4 Å². The largest absolute Gasteiger partial charge is 0.416 e. The maximum atomic E-state index is 13.0. The van der Waals surface area contributed by atoms with Crippen LogP contribution in [0, 0.1) is 22.7 Å². The Bertz CT molecular complexity index is 1450. The number of benzene rings is 2. The molecule has 2 unspecified atom stereocenters. The van der Waals surface area contributed by atoms with E-state index in [1.54, 1.807) is 0 Å². The number of aliphatic hydroxyl groups is 1. The van der Waals surface area contributed by atoms with Crippen LogP contribution in [0.25, 0.3) is 0 Å². The van der Waals surface area contributed by atoms with Crippen molar-refractivity contribution in [1.29, 1.82) is 0 Å². The fraction of sp³-hybridized carbons (Fsp3) is 0.711. The number of aryl methyl sites for hydroxylation is 2. The van der Waals surface area contributed by atoms with Gasteiger partial charge in [0.05, 0.1) is 6.10 Å². The smallest absolute Gasteiger partial charge is 0.192 e. The van der Waals surface area contributed by atoms with Crippen LogP contribution in [-0.4, -0.2) is 40.7 Å². The molecule has 2 aliphatic rings. The molecular weight excluding hydrogens is 661 g/mol. The Hall–Kier alpha value is -1.58. The van der Waals surface area contributed by atoms with Gasteiger partial charge < -0.3 is 14.0 Å². The third kappa shape index (κ3) is 12.8. The van der Waals surface area contributed by atoms with Crippen molar-refractivity contribution in [2.75, 3.05) is 13.2 Å². The molecule has 3 atom stereocenters. The van der Waals surface area contributed by atoms with Gasteiger partial charge in [0.2, 0.25) is 0 Å². The van der Waals surface area contributed by atoms with E-state index in [1.807, 2.05) is 0 Å². The molecular formula is C45H78O4Si2. The first-order valence-electron chi connectivity index (χ1n) is 19.3. The number of ketones is 1. The maximum Gasteiger partial charge on any atom is 0.192 e. The van der Waals surface area contributed by atoms with E-state index in [2.05, 4.69) is 146 Å². The quantitative estimate of drug-likeness (QED) is 0.274. The molecule has 0 aliphatic heterocycles. The highest BCUT2D eigenvalue weighted by Crippen LogP contribution is 2.41. The lowest BCUT2D eigenvalue weighted by molar-refractivity contribution is 0.0574. The first-order chi connectivity index (χ1) is 22.6. The molecule has 0 saturated heterocycles. The molecule has 4 nitrogen and oxygen atoms in total. The second kappa shape index (κ2) is 16.8. The van der Waals surface area contributed by atoms with Gasteiger partial charge in [-0.25, -0.2) is 0 Å². The highest BCUT2D eigenvalue weighted by Gasteiger charge is 2.40. The number of aliphatic hydroxyl groups excluding tert-OH is 1. The number of carbonyl (C=O) groups excluding carboxylic acids is 1. The van der Waals surface area contributed by atoms with Crippen LogP contribution in [0.5, 0.6) is 0 Å². The molecule has 4 rings (SSSR count). The number of rotatable bonds is 8. The van der Waals surface area contributed by atoms with Gasteiger partial charge in [0, 0.05) is 30.6 Å². The molecule has 6 heteroatoms. The Morgan fingerprint density at radius 1 is 0.667 bits per heavy atom. The minimum Gasteiger partial charge on any atom is -0.416 e. The number of fused-ring (bicyclic) bond motifs is 2. The van der Waals surface area contributed by atoms with Crippen molar-refractivity contribution in [2.24, 2.45) is 22.7 Å². The van der Waals surface area contributed by atoms with Crippen LogP contribution in [0.3, 0.4) is 0 Å². The summed E-state index contributed by atoms with van der Waals surface area (Å²) in [5, 5.41) is 11.4. The Labute approximate surface area is 317 Å². The Morgan fingerprint density at radius 3 is 1.61 bits per heavy atom. The summed E-state index contributed by atoms with van der Waals surface area (Å²) in [5.74, 6) is 0.522. The van der Waals surface area contributed by atoms with Crippen molar-refractivity contribution >= 4 is 22.4 Å². The van der Waals surface area contributed by atoms with Gasteiger partial charge in [0.1, 0.15) is 0 Å². The molecule has 2 aliphatic carbocycles. The molecule has 0 fully saturated rings. The topological polar surface area (TPSA) is 55.8 Å². The summed E-state index contributed by atoms with van der Waals surface area (Å²) in [4.78, 5) is 13.0. The van der Waals surface area contributed by atoms with Crippen LogP contribution in [0.2, 0.25) is 36.3 Å². The summed E-state index contributed by atoms with van der Waals surface area (Å²) < 4.78 is 12.8. The van der Waals surface area contributed by atoms with Crippen molar-refractivity contribution in [3.8, 4) is 0 Å². The van der Waals surface area contributed by atoms with E-state index in [9.17, 15) is 9.90 Å². The van der Waals surface area contributed by atoms with Crippen LogP contribution < -0.4 is 0 Å². The molecule has 0 bridgehead atoms. The van der Waals surface area contributed by atoms with E-state index < -0.39 is 22.7 Å². The van der Waals surface area contributed by atoms with Crippen molar-refractivity contribution in [3.05, 3.63) is 69.8 Å².